The van der Waals surface area contributed by atoms with Crippen molar-refractivity contribution in [2.24, 2.45) is 0 Å². The first-order valence-electron chi connectivity index (χ1n) is 6.80. The van der Waals surface area contributed by atoms with E-state index in [-0.39, 0.29) is 18.6 Å². The zero-order valence-corrected chi connectivity index (χ0v) is 13.1. The quantitative estimate of drug-likeness (QED) is 0.912. The van der Waals surface area contributed by atoms with Crippen LogP contribution in [0.2, 0.25) is 5.02 Å². The van der Waals surface area contributed by atoms with Crippen molar-refractivity contribution in [1.29, 1.82) is 0 Å². The van der Waals surface area contributed by atoms with E-state index in [0.717, 1.165) is 17.1 Å². The summed E-state index contributed by atoms with van der Waals surface area (Å²) in [5, 5.41) is 12.4. The number of carbonyl (C=O) groups excluding carboxylic acids is 1. The monoisotopic (exact) mass is 306 g/mol. The Kier molecular flexibility index (Phi) is 4.70. The Hall–Kier alpha value is -1.78. The highest BCUT2D eigenvalue weighted by molar-refractivity contribution is 6.30. The molecule has 0 aliphatic carbocycles. The molecule has 1 heterocycles. The van der Waals surface area contributed by atoms with Gasteiger partial charge in [0.15, 0.2) is 0 Å². The average Bonchev–Trinajstić information content (AvgIpc) is 2.74. The number of rotatable bonds is 4. The van der Waals surface area contributed by atoms with Crippen LogP contribution in [0.3, 0.4) is 0 Å². The molecular weight excluding hydrogens is 288 g/mol. The van der Waals surface area contributed by atoms with Gasteiger partial charge in [-0.15, -0.1) is 0 Å². The molecule has 112 valence electrons. The number of amides is 1. The van der Waals surface area contributed by atoms with Crippen molar-refractivity contribution in [3.05, 3.63) is 52.3 Å². The zero-order valence-electron chi connectivity index (χ0n) is 12.4. The first-order chi connectivity index (χ1) is 9.93. The molecule has 4 nitrogen and oxygen atoms in total. The summed E-state index contributed by atoms with van der Waals surface area (Å²) in [6.07, 6.45) is 0. The van der Waals surface area contributed by atoms with Crippen LogP contribution < -0.4 is 5.32 Å². The third-order valence-corrected chi connectivity index (χ3v) is 3.63. The maximum Gasteiger partial charge on any atom is 0.253 e. The zero-order chi connectivity index (χ0) is 15.6. The highest BCUT2D eigenvalue weighted by Crippen LogP contribution is 2.23. The second kappa shape index (κ2) is 6.33. The number of hydrogen-bond acceptors (Lipinski definition) is 2. The molecule has 0 saturated heterocycles. The van der Waals surface area contributed by atoms with E-state index in [4.69, 9.17) is 16.7 Å². The second-order valence-corrected chi connectivity index (χ2v) is 5.59. The molecule has 1 aromatic carbocycles. The molecule has 2 N–H and O–H groups in total. The van der Waals surface area contributed by atoms with Gasteiger partial charge in [-0.05, 0) is 45.0 Å². The molecule has 0 aliphatic heterocycles. The summed E-state index contributed by atoms with van der Waals surface area (Å²) in [6.45, 7) is 5.51. The Morgan fingerprint density at radius 2 is 2.10 bits per heavy atom. The Labute approximate surface area is 129 Å². The molecule has 1 unspecified atom stereocenters. The van der Waals surface area contributed by atoms with Crippen molar-refractivity contribution in [2.75, 3.05) is 6.61 Å². The molecule has 1 aromatic heterocycles. The van der Waals surface area contributed by atoms with Gasteiger partial charge in [0.05, 0.1) is 12.2 Å². The lowest BCUT2D eigenvalue weighted by Gasteiger charge is -2.12. The fraction of sp³-hybridized carbons (Fsp3) is 0.312. The number of nitrogens with one attached hydrogen (secondary N) is 1. The van der Waals surface area contributed by atoms with E-state index >= 15 is 0 Å². The van der Waals surface area contributed by atoms with E-state index in [1.54, 1.807) is 6.92 Å². The summed E-state index contributed by atoms with van der Waals surface area (Å²) in [7, 11) is 0. The Morgan fingerprint density at radius 3 is 2.71 bits per heavy atom. The van der Waals surface area contributed by atoms with Gasteiger partial charge in [-0.1, -0.05) is 17.7 Å². The Balaban J connectivity index is 2.40. The molecule has 0 fully saturated rings. The van der Waals surface area contributed by atoms with Crippen LogP contribution in [0.1, 0.15) is 28.7 Å². The fourth-order valence-electron chi connectivity index (χ4n) is 2.35. The van der Waals surface area contributed by atoms with Crippen LogP contribution >= 0.6 is 11.6 Å². The van der Waals surface area contributed by atoms with E-state index in [0.29, 0.717) is 10.6 Å². The van der Waals surface area contributed by atoms with Crippen LogP contribution in [0, 0.1) is 13.8 Å². The number of hydrogen-bond donors (Lipinski definition) is 2. The molecule has 0 spiro atoms. The van der Waals surface area contributed by atoms with Gasteiger partial charge >= 0.3 is 0 Å². The summed E-state index contributed by atoms with van der Waals surface area (Å²) >= 11 is 6.04. The minimum atomic E-state index is -0.272. The van der Waals surface area contributed by atoms with Crippen molar-refractivity contribution < 1.29 is 9.90 Å². The van der Waals surface area contributed by atoms with Crippen molar-refractivity contribution in [2.45, 2.75) is 26.8 Å². The van der Waals surface area contributed by atoms with E-state index < -0.39 is 0 Å². The summed E-state index contributed by atoms with van der Waals surface area (Å²) in [5.41, 5.74) is 3.33. The largest absolute Gasteiger partial charge is 0.394 e. The van der Waals surface area contributed by atoms with Crippen LogP contribution in [-0.2, 0) is 0 Å². The molecule has 21 heavy (non-hydrogen) atoms. The van der Waals surface area contributed by atoms with E-state index in [1.165, 1.54) is 0 Å². The normalized spacial score (nSPS) is 12.2. The standard InChI is InChI=1S/C16H19ClN2O2/c1-10(9-20)18-16(21)15-7-11(2)19(12(15)3)14-6-4-5-13(17)8-14/h4-8,10,20H,9H2,1-3H3,(H,18,21). The van der Waals surface area contributed by atoms with E-state index in [1.807, 2.05) is 48.7 Å². The number of aromatic nitrogens is 1. The minimum absolute atomic E-state index is 0.0846. The van der Waals surface area contributed by atoms with Crippen LogP contribution in [0.15, 0.2) is 30.3 Å². The molecule has 5 heteroatoms. The third-order valence-electron chi connectivity index (χ3n) is 3.39. The molecular formula is C16H19ClN2O2. The van der Waals surface area contributed by atoms with Gasteiger partial charge < -0.3 is 15.0 Å². The maximum atomic E-state index is 12.2. The van der Waals surface area contributed by atoms with Crippen LogP contribution in [0.4, 0.5) is 0 Å². The molecule has 1 atom stereocenters. The lowest BCUT2D eigenvalue weighted by Crippen LogP contribution is -2.35. The first-order valence-corrected chi connectivity index (χ1v) is 7.18. The smallest absolute Gasteiger partial charge is 0.253 e. The second-order valence-electron chi connectivity index (χ2n) is 5.16. The number of aliphatic hydroxyl groups excluding tert-OH is 1. The third kappa shape index (κ3) is 3.28. The molecule has 2 rings (SSSR count). The van der Waals surface area contributed by atoms with Gasteiger partial charge in [0.1, 0.15) is 0 Å². The number of aryl methyl sites for hydroxylation is 1. The van der Waals surface area contributed by atoms with Crippen molar-refractivity contribution in [3.63, 3.8) is 0 Å². The van der Waals surface area contributed by atoms with Crippen molar-refractivity contribution >= 4 is 17.5 Å². The topological polar surface area (TPSA) is 54.3 Å². The highest BCUT2D eigenvalue weighted by Gasteiger charge is 2.17. The van der Waals surface area contributed by atoms with Gasteiger partial charge in [0, 0.05) is 28.1 Å². The summed E-state index contributed by atoms with van der Waals surface area (Å²) < 4.78 is 1.99. The van der Waals surface area contributed by atoms with Crippen molar-refractivity contribution in [1.82, 2.24) is 9.88 Å². The molecule has 0 bridgehead atoms. The SMILES string of the molecule is Cc1cc(C(=O)NC(C)CO)c(C)n1-c1cccc(Cl)c1. The molecule has 0 saturated carbocycles. The number of nitrogens with zero attached hydrogens (tertiary/aromatic N) is 1. The van der Waals surface area contributed by atoms with E-state index in [9.17, 15) is 4.79 Å². The van der Waals surface area contributed by atoms with Gasteiger partial charge in [-0.3, -0.25) is 4.79 Å². The van der Waals surface area contributed by atoms with Gasteiger partial charge in [-0.25, -0.2) is 0 Å². The molecule has 1 amide bonds. The van der Waals surface area contributed by atoms with Gasteiger partial charge in [0.2, 0.25) is 0 Å². The van der Waals surface area contributed by atoms with Gasteiger partial charge in [-0.2, -0.15) is 0 Å². The lowest BCUT2D eigenvalue weighted by atomic mass is 10.2. The fourth-order valence-corrected chi connectivity index (χ4v) is 2.54. The summed E-state index contributed by atoms with van der Waals surface area (Å²) in [5.74, 6) is -0.182. The van der Waals surface area contributed by atoms with Gasteiger partial charge in [0.25, 0.3) is 5.91 Å². The highest BCUT2D eigenvalue weighted by atomic mass is 35.5. The lowest BCUT2D eigenvalue weighted by molar-refractivity contribution is 0.0921. The molecule has 2 aromatic rings. The number of halogens is 1. The number of carbonyl (C=O) groups is 1. The molecule has 0 radical (unpaired) electrons. The predicted molar refractivity (Wildman–Crippen MR) is 84.3 cm³/mol. The Morgan fingerprint density at radius 1 is 1.38 bits per heavy atom. The minimum Gasteiger partial charge on any atom is -0.394 e. The Bertz CT molecular complexity index is 664. The summed E-state index contributed by atoms with van der Waals surface area (Å²) in [4.78, 5) is 12.2. The predicted octanol–water partition coefficient (Wildman–Crippen LogP) is 2.86. The van der Waals surface area contributed by atoms with Crippen LogP contribution in [0.5, 0.6) is 0 Å². The first kappa shape index (κ1) is 15.6. The van der Waals surface area contributed by atoms with E-state index in [2.05, 4.69) is 5.32 Å². The average molecular weight is 307 g/mol. The molecule has 0 aliphatic rings. The number of aliphatic hydroxyl groups is 1. The summed E-state index contributed by atoms with van der Waals surface area (Å²) in [6, 6.07) is 9.07. The maximum absolute atomic E-state index is 12.2. The van der Waals surface area contributed by atoms with Crippen LogP contribution in [-0.4, -0.2) is 28.2 Å². The number of benzene rings is 1. The van der Waals surface area contributed by atoms with Crippen LogP contribution in [0.25, 0.3) is 5.69 Å². The van der Waals surface area contributed by atoms with Crippen molar-refractivity contribution in [3.8, 4) is 5.69 Å².